The Labute approximate surface area is 183 Å². The minimum absolute atomic E-state index is 0. The summed E-state index contributed by atoms with van der Waals surface area (Å²) < 4.78 is 10.8. The number of ether oxygens (including phenoxy) is 1. The Morgan fingerprint density at radius 3 is 2.79 bits per heavy atom. The van der Waals surface area contributed by atoms with Crippen molar-refractivity contribution >= 4 is 35.8 Å². The quantitative estimate of drug-likeness (QED) is 0.202. The molecule has 154 valence electrons. The minimum atomic E-state index is -0.0968. The van der Waals surface area contributed by atoms with Crippen molar-refractivity contribution in [3.8, 4) is 0 Å². The summed E-state index contributed by atoms with van der Waals surface area (Å²) in [6, 6.07) is 11.2. The Kier molecular flexibility index (Phi) is 12.0. The van der Waals surface area contributed by atoms with Crippen LogP contribution in [0.2, 0.25) is 0 Å². The summed E-state index contributed by atoms with van der Waals surface area (Å²) in [4.78, 5) is 16.3. The average Bonchev–Trinajstić information content (AvgIpc) is 3.21. The normalized spacial score (nSPS) is 10.9. The number of benzene rings is 1. The topological polar surface area (TPSA) is 87.9 Å². The molecule has 1 aromatic heterocycles. The number of rotatable bonds is 10. The number of carbonyl (C=O) groups excluding carboxylic acids is 1. The van der Waals surface area contributed by atoms with Gasteiger partial charge in [0.2, 0.25) is 0 Å². The molecule has 1 aromatic carbocycles. The van der Waals surface area contributed by atoms with E-state index in [0.29, 0.717) is 25.3 Å². The third-order valence-corrected chi connectivity index (χ3v) is 3.76. The van der Waals surface area contributed by atoms with E-state index >= 15 is 0 Å². The lowest BCUT2D eigenvalue weighted by Gasteiger charge is -2.11. The van der Waals surface area contributed by atoms with Crippen molar-refractivity contribution in [2.75, 3.05) is 26.7 Å². The molecule has 1 heterocycles. The summed E-state index contributed by atoms with van der Waals surface area (Å²) in [5.41, 5.74) is 1.62. The molecule has 0 bridgehead atoms. The number of nitrogens with zero attached hydrogens (tertiary/aromatic N) is 1. The smallest absolute Gasteiger partial charge is 0.251 e. The summed E-state index contributed by atoms with van der Waals surface area (Å²) in [7, 11) is 1.62. The average molecular weight is 500 g/mol. The molecule has 0 fully saturated rings. The van der Waals surface area contributed by atoms with Crippen LogP contribution >= 0.6 is 24.0 Å². The van der Waals surface area contributed by atoms with E-state index in [-0.39, 0.29) is 29.9 Å². The third kappa shape index (κ3) is 8.75. The van der Waals surface area contributed by atoms with Crippen LogP contribution in [0.5, 0.6) is 0 Å². The van der Waals surface area contributed by atoms with Gasteiger partial charge in [-0.15, -0.1) is 24.0 Å². The summed E-state index contributed by atoms with van der Waals surface area (Å²) in [5.74, 6) is 1.48. The van der Waals surface area contributed by atoms with Gasteiger partial charge in [0.25, 0.3) is 5.91 Å². The first-order valence-corrected chi connectivity index (χ1v) is 9.16. The third-order valence-electron chi connectivity index (χ3n) is 3.76. The Morgan fingerprint density at radius 1 is 1.21 bits per heavy atom. The van der Waals surface area contributed by atoms with E-state index in [2.05, 4.69) is 20.9 Å². The summed E-state index contributed by atoms with van der Waals surface area (Å²) >= 11 is 0. The van der Waals surface area contributed by atoms with E-state index in [1.54, 1.807) is 19.4 Å². The Balaban J connectivity index is 0.00000392. The number of guanidine groups is 1. The standard InChI is InChI=1S/C20H28N4O3.HI/c1-3-22-20(23-10-6-11-26-15-18-9-5-12-27-18)24-14-16-7-4-8-17(13-16)19(25)21-2;/h4-5,7-9,12-13H,3,6,10-11,14-15H2,1-2H3,(H,21,25)(H2,22,23,24);1H. The van der Waals surface area contributed by atoms with E-state index in [1.807, 2.05) is 37.3 Å². The van der Waals surface area contributed by atoms with Gasteiger partial charge in [0.05, 0.1) is 12.8 Å². The second-order valence-corrected chi connectivity index (χ2v) is 5.89. The van der Waals surface area contributed by atoms with Crippen LogP contribution in [0.1, 0.15) is 35.0 Å². The predicted octanol–water partition coefficient (Wildman–Crippen LogP) is 2.92. The Hall–Kier alpha value is -2.07. The number of nitrogens with one attached hydrogen (secondary N) is 3. The van der Waals surface area contributed by atoms with Crippen molar-refractivity contribution < 1.29 is 13.9 Å². The zero-order valence-electron chi connectivity index (χ0n) is 16.4. The number of hydrogen-bond donors (Lipinski definition) is 3. The number of halogens is 1. The van der Waals surface area contributed by atoms with Gasteiger partial charge in [-0.3, -0.25) is 4.79 Å². The molecule has 0 saturated heterocycles. The molecule has 0 aliphatic heterocycles. The van der Waals surface area contributed by atoms with Gasteiger partial charge in [0, 0.05) is 32.3 Å². The van der Waals surface area contributed by atoms with Gasteiger partial charge in [0.15, 0.2) is 5.96 Å². The fraction of sp³-hybridized carbons (Fsp3) is 0.400. The molecule has 8 heteroatoms. The zero-order valence-corrected chi connectivity index (χ0v) is 18.7. The van der Waals surface area contributed by atoms with Gasteiger partial charge in [-0.1, -0.05) is 12.1 Å². The fourth-order valence-electron chi connectivity index (χ4n) is 2.42. The second-order valence-electron chi connectivity index (χ2n) is 5.89. The zero-order chi connectivity index (χ0) is 19.3. The molecule has 0 aliphatic carbocycles. The monoisotopic (exact) mass is 500 g/mol. The highest BCUT2D eigenvalue weighted by Gasteiger charge is 2.04. The number of furan rings is 1. The van der Waals surface area contributed by atoms with E-state index in [1.165, 1.54) is 0 Å². The molecule has 7 nitrogen and oxygen atoms in total. The molecule has 3 N–H and O–H groups in total. The van der Waals surface area contributed by atoms with Crippen molar-refractivity contribution in [1.29, 1.82) is 0 Å². The van der Waals surface area contributed by atoms with Gasteiger partial charge in [0.1, 0.15) is 12.4 Å². The van der Waals surface area contributed by atoms with Gasteiger partial charge >= 0.3 is 0 Å². The summed E-state index contributed by atoms with van der Waals surface area (Å²) in [5, 5.41) is 9.14. The number of amides is 1. The van der Waals surface area contributed by atoms with Crippen molar-refractivity contribution in [3.05, 3.63) is 59.5 Å². The second kappa shape index (κ2) is 14.0. The van der Waals surface area contributed by atoms with Crippen molar-refractivity contribution in [2.45, 2.75) is 26.5 Å². The lowest BCUT2D eigenvalue weighted by molar-refractivity contribution is 0.0963. The lowest BCUT2D eigenvalue weighted by atomic mass is 10.1. The molecular weight excluding hydrogens is 471 g/mol. The van der Waals surface area contributed by atoms with Crippen LogP contribution in [0, 0.1) is 0 Å². The van der Waals surface area contributed by atoms with Crippen LogP contribution in [0.4, 0.5) is 0 Å². The highest BCUT2D eigenvalue weighted by Crippen LogP contribution is 2.06. The molecular formula is C20H29IN4O3. The van der Waals surface area contributed by atoms with E-state index in [4.69, 9.17) is 9.15 Å². The van der Waals surface area contributed by atoms with Crippen LogP contribution < -0.4 is 16.0 Å². The lowest BCUT2D eigenvalue weighted by Crippen LogP contribution is -2.38. The van der Waals surface area contributed by atoms with Crippen LogP contribution in [0.25, 0.3) is 0 Å². The van der Waals surface area contributed by atoms with E-state index in [0.717, 1.165) is 36.8 Å². The predicted molar refractivity (Wildman–Crippen MR) is 121 cm³/mol. The maximum Gasteiger partial charge on any atom is 0.251 e. The SMILES string of the molecule is CCNC(=NCc1cccc(C(=O)NC)c1)NCCCOCc1ccco1.I. The van der Waals surface area contributed by atoms with Crippen LogP contribution in [0.15, 0.2) is 52.1 Å². The van der Waals surface area contributed by atoms with Gasteiger partial charge in [-0.25, -0.2) is 4.99 Å². The molecule has 1 amide bonds. The van der Waals surface area contributed by atoms with Gasteiger partial charge in [-0.05, 0) is 43.2 Å². The van der Waals surface area contributed by atoms with Crippen molar-refractivity contribution in [1.82, 2.24) is 16.0 Å². The Morgan fingerprint density at radius 2 is 2.07 bits per heavy atom. The van der Waals surface area contributed by atoms with E-state index < -0.39 is 0 Å². The Bertz CT molecular complexity index is 720. The molecule has 0 radical (unpaired) electrons. The van der Waals surface area contributed by atoms with Crippen LogP contribution in [0.3, 0.4) is 0 Å². The molecule has 0 aliphatic rings. The first kappa shape index (κ1) is 24.0. The molecule has 2 aromatic rings. The largest absolute Gasteiger partial charge is 0.467 e. The van der Waals surface area contributed by atoms with Gasteiger partial charge in [-0.2, -0.15) is 0 Å². The first-order chi connectivity index (χ1) is 13.2. The molecule has 28 heavy (non-hydrogen) atoms. The minimum Gasteiger partial charge on any atom is -0.467 e. The van der Waals surface area contributed by atoms with Gasteiger partial charge < -0.3 is 25.1 Å². The molecule has 0 atom stereocenters. The maximum absolute atomic E-state index is 11.7. The molecule has 2 rings (SSSR count). The number of aliphatic imine (C=N–C) groups is 1. The van der Waals surface area contributed by atoms with E-state index in [9.17, 15) is 4.79 Å². The molecule has 0 unspecified atom stereocenters. The fourth-order valence-corrected chi connectivity index (χ4v) is 2.42. The molecule has 0 spiro atoms. The number of hydrogen-bond acceptors (Lipinski definition) is 4. The van der Waals surface area contributed by atoms with Crippen LogP contribution in [-0.4, -0.2) is 38.6 Å². The summed E-state index contributed by atoms with van der Waals surface area (Å²) in [6.07, 6.45) is 2.50. The van der Waals surface area contributed by atoms with Crippen molar-refractivity contribution in [3.63, 3.8) is 0 Å². The first-order valence-electron chi connectivity index (χ1n) is 9.16. The summed E-state index contributed by atoms with van der Waals surface area (Å²) in [6.45, 7) is 5.18. The molecule has 0 saturated carbocycles. The highest BCUT2D eigenvalue weighted by atomic mass is 127. The maximum atomic E-state index is 11.7. The highest BCUT2D eigenvalue weighted by molar-refractivity contribution is 14.0. The number of carbonyl (C=O) groups is 1. The van der Waals surface area contributed by atoms with Crippen molar-refractivity contribution in [2.24, 2.45) is 4.99 Å². The van der Waals surface area contributed by atoms with Crippen LogP contribution in [-0.2, 0) is 17.9 Å².